The number of hydrogen-bond donors (Lipinski definition) is 2. The lowest BCUT2D eigenvalue weighted by atomic mass is 10.2. The molecule has 1 amide bonds. The van der Waals surface area contributed by atoms with E-state index in [-0.39, 0.29) is 17.1 Å². The van der Waals surface area contributed by atoms with E-state index in [1.807, 2.05) is 24.3 Å². The van der Waals surface area contributed by atoms with Crippen LogP contribution in [0.25, 0.3) is 0 Å². The zero-order chi connectivity index (χ0) is 14.5. The normalized spacial score (nSPS) is 11.8. The molecule has 0 unspecified atom stereocenters. The van der Waals surface area contributed by atoms with E-state index >= 15 is 0 Å². The van der Waals surface area contributed by atoms with Crippen molar-refractivity contribution in [3.8, 4) is 0 Å². The van der Waals surface area contributed by atoms with Gasteiger partial charge in [0.05, 0.1) is 5.69 Å². The third kappa shape index (κ3) is 4.08. The van der Waals surface area contributed by atoms with Crippen molar-refractivity contribution >= 4 is 51.5 Å². The Labute approximate surface area is 136 Å². The molecule has 4 nitrogen and oxygen atoms in total. The maximum absolute atomic E-state index is 12.1. The number of aromatic nitrogens is 1. The van der Waals surface area contributed by atoms with Crippen LogP contribution < -0.4 is 10.6 Å². The molecule has 0 spiro atoms. The molecule has 104 valence electrons. The Bertz CT molecular complexity index is 604. The highest BCUT2D eigenvalue weighted by Crippen LogP contribution is 2.18. The fourth-order valence-electron chi connectivity index (χ4n) is 1.58. The highest BCUT2D eigenvalue weighted by Gasteiger charge is 2.14. The van der Waals surface area contributed by atoms with E-state index in [1.54, 1.807) is 25.3 Å². The van der Waals surface area contributed by atoms with Crippen LogP contribution in [-0.4, -0.2) is 16.9 Å². The van der Waals surface area contributed by atoms with E-state index in [4.69, 9.17) is 11.6 Å². The SMILES string of the molecule is C[C@H](Nc1ccc(I)cc1)C(=O)Nc1cccnc1Cl. The fraction of sp³-hybridized carbons (Fsp3) is 0.143. The van der Waals surface area contributed by atoms with E-state index in [1.165, 1.54) is 0 Å². The molecular weight excluding hydrogens is 389 g/mol. The smallest absolute Gasteiger partial charge is 0.246 e. The highest BCUT2D eigenvalue weighted by molar-refractivity contribution is 14.1. The molecular formula is C14H13ClIN3O. The first-order valence-corrected chi connectivity index (χ1v) is 7.45. The predicted octanol–water partition coefficient (Wildman–Crippen LogP) is 3.78. The van der Waals surface area contributed by atoms with Crippen LogP contribution in [-0.2, 0) is 4.79 Å². The molecule has 1 atom stereocenters. The van der Waals surface area contributed by atoms with Crippen molar-refractivity contribution in [3.63, 3.8) is 0 Å². The van der Waals surface area contributed by atoms with Gasteiger partial charge in [0, 0.05) is 15.5 Å². The van der Waals surface area contributed by atoms with Gasteiger partial charge in [-0.25, -0.2) is 4.98 Å². The monoisotopic (exact) mass is 401 g/mol. The van der Waals surface area contributed by atoms with Crippen LogP contribution in [0.15, 0.2) is 42.6 Å². The second kappa shape index (κ2) is 6.90. The van der Waals surface area contributed by atoms with Gasteiger partial charge in [-0.3, -0.25) is 4.79 Å². The van der Waals surface area contributed by atoms with Gasteiger partial charge < -0.3 is 10.6 Å². The molecule has 2 aromatic rings. The van der Waals surface area contributed by atoms with Gasteiger partial charge in [0.25, 0.3) is 0 Å². The summed E-state index contributed by atoms with van der Waals surface area (Å²) < 4.78 is 1.15. The van der Waals surface area contributed by atoms with Gasteiger partial charge in [-0.05, 0) is 65.9 Å². The molecule has 0 aliphatic carbocycles. The van der Waals surface area contributed by atoms with Crippen molar-refractivity contribution in [1.82, 2.24) is 4.98 Å². The number of amides is 1. The number of nitrogens with one attached hydrogen (secondary N) is 2. The van der Waals surface area contributed by atoms with E-state index in [0.29, 0.717) is 5.69 Å². The van der Waals surface area contributed by atoms with E-state index in [9.17, 15) is 4.79 Å². The summed E-state index contributed by atoms with van der Waals surface area (Å²) in [6, 6.07) is 10.9. The van der Waals surface area contributed by atoms with Crippen molar-refractivity contribution in [2.24, 2.45) is 0 Å². The first-order valence-electron chi connectivity index (χ1n) is 6.00. The molecule has 0 radical (unpaired) electrons. The number of rotatable bonds is 4. The van der Waals surface area contributed by atoms with Crippen LogP contribution in [0.1, 0.15) is 6.92 Å². The van der Waals surface area contributed by atoms with Gasteiger partial charge in [-0.2, -0.15) is 0 Å². The summed E-state index contributed by atoms with van der Waals surface area (Å²) in [7, 11) is 0. The number of carbonyl (C=O) groups excluding carboxylic acids is 1. The van der Waals surface area contributed by atoms with E-state index < -0.39 is 0 Å². The Hall–Kier alpha value is -1.34. The summed E-state index contributed by atoms with van der Waals surface area (Å²) in [6.07, 6.45) is 1.57. The summed E-state index contributed by atoms with van der Waals surface area (Å²) >= 11 is 8.14. The summed E-state index contributed by atoms with van der Waals surface area (Å²) in [5.74, 6) is -0.168. The number of benzene rings is 1. The van der Waals surface area contributed by atoms with Crippen LogP contribution in [0.3, 0.4) is 0 Å². The second-order valence-corrected chi connectivity index (χ2v) is 5.81. The summed E-state index contributed by atoms with van der Waals surface area (Å²) in [5, 5.41) is 6.15. The first kappa shape index (κ1) is 15.1. The lowest BCUT2D eigenvalue weighted by Crippen LogP contribution is -2.32. The van der Waals surface area contributed by atoms with Crippen molar-refractivity contribution in [2.45, 2.75) is 13.0 Å². The predicted molar refractivity (Wildman–Crippen MR) is 90.1 cm³/mol. The standard InChI is InChI=1S/C14H13ClIN3O/c1-9(18-11-6-4-10(16)5-7-11)14(20)19-12-3-2-8-17-13(12)15/h2-9,18H,1H3,(H,19,20)/t9-/m0/s1. The molecule has 0 bridgehead atoms. The van der Waals surface area contributed by atoms with Crippen LogP contribution in [0, 0.1) is 3.57 Å². The van der Waals surface area contributed by atoms with E-state index in [0.717, 1.165) is 9.26 Å². The maximum atomic E-state index is 12.1. The Morgan fingerprint density at radius 1 is 1.30 bits per heavy atom. The zero-order valence-corrected chi connectivity index (χ0v) is 13.6. The fourth-order valence-corrected chi connectivity index (χ4v) is 2.11. The summed E-state index contributed by atoms with van der Waals surface area (Å²) in [4.78, 5) is 16.0. The summed E-state index contributed by atoms with van der Waals surface area (Å²) in [6.45, 7) is 1.79. The van der Waals surface area contributed by atoms with Gasteiger partial charge in [-0.1, -0.05) is 11.6 Å². The number of halogens is 2. The molecule has 0 saturated heterocycles. The molecule has 1 aromatic heterocycles. The third-order valence-electron chi connectivity index (χ3n) is 2.64. The number of hydrogen-bond acceptors (Lipinski definition) is 3. The minimum atomic E-state index is -0.383. The van der Waals surface area contributed by atoms with Gasteiger partial charge in [0.1, 0.15) is 6.04 Å². The molecule has 0 aliphatic rings. The van der Waals surface area contributed by atoms with Crippen molar-refractivity contribution in [3.05, 3.63) is 51.3 Å². The molecule has 2 rings (SSSR count). The van der Waals surface area contributed by atoms with Crippen molar-refractivity contribution < 1.29 is 4.79 Å². The molecule has 20 heavy (non-hydrogen) atoms. The molecule has 0 saturated carbocycles. The third-order valence-corrected chi connectivity index (χ3v) is 3.66. The van der Waals surface area contributed by atoms with Gasteiger partial charge in [-0.15, -0.1) is 0 Å². The molecule has 6 heteroatoms. The topological polar surface area (TPSA) is 54.0 Å². The Balaban J connectivity index is 1.99. The van der Waals surface area contributed by atoms with Crippen molar-refractivity contribution in [1.29, 1.82) is 0 Å². The van der Waals surface area contributed by atoms with Crippen LogP contribution in [0.2, 0.25) is 5.15 Å². The van der Waals surface area contributed by atoms with Crippen molar-refractivity contribution in [2.75, 3.05) is 10.6 Å². The second-order valence-electron chi connectivity index (χ2n) is 4.20. The number of pyridine rings is 1. The minimum absolute atomic E-state index is 0.168. The average molecular weight is 402 g/mol. The number of anilines is 2. The number of nitrogens with zero attached hydrogens (tertiary/aromatic N) is 1. The van der Waals surface area contributed by atoms with E-state index in [2.05, 4.69) is 38.2 Å². The maximum Gasteiger partial charge on any atom is 0.246 e. The van der Waals surface area contributed by atoms with Crippen LogP contribution in [0.5, 0.6) is 0 Å². The zero-order valence-electron chi connectivity index (χ0n) is 10.7. The Morgan fingerprint density at radius 3 is 2.65 bits per heavy atom. The van der Waals surface area contributed by atoms with Crippen LogP contribution in [0.4, 0.5) is 11.4 Å². The largest absolute Gasteiger partial charge is 0.374 e. The minimum Gasteiger partial charge on any atom is -0.374 e. The van der Waals surface area contributed by atoms with Gasteiger partial charge in [0.2, 0.25) is 5.91 Å². The van der Waals surface area contributed by atoms with Gasteiger partial charge in [0.15, 0.2) is 5.15 Å². The molecule has 0 aliphatic heterocycles. The Kier molecular flexibility index (Phi) is 5.19. The molecule has 2 N–H and O–H groups in total. The average Bonchev–Trinajstić information content (AvgIpc) is 2.44. The first-order chi connectivity index (χ1) is 9.56. The highest BCUT2D eigenvalue weighted by atomic mass is 127. The number of carbonyl (C=O) groups is 1. The quantitative estimate of drug-likeness (QED) is 0.605. The molecule has 1 heterocycles. The lowest BCUT2D eigenvalue weighted by Gasteiger charge is -2.15. The lowest BCUT2D eigenvalue weighted by molar-refractivity contribution is -0.116. The van der Waals surface area contributed by atoms with Crippen LogP contribution >= 0.6 is 34.2 Å². The molecule has 0 fully saturated rings. The van der Waals surface area contributed by atoms with Gasteiger partial charge >= 0.3 is 0 Å². The molecule has 1 aromatic carbocycles. The Morgan fingerprint density at radius 2 is 2.00 bits per heavy atom. The summed E-state index contributed by atoms with van der Waals surface area (Å²) in [5.41, 5.74) is 1.40.